The van der Waals surface area contributed by atoms with Crippen LogP contribution in [0.25, 0.3) is 22.1 Å². The Morgan fingerprint density at radius 3 is 2.61 bits per heavy atom. The Bertz CT molecular complexity index is 1250. The van der Waals surface area contributed by atoms with Gasteiger partial charge in [-0.1, -0.05) is 36.4 Å². The molecule has 0 radical (unpaired) electrons. The maximum atomic E-state index is 13.1. The van der Waals surface area contributed by atoms with E-state index in [0.29, 0.717) is 27.8 Å². The highest BCUT2D eigenvalue weighted by molar-refractivity contribution is 5.90. The molecule has 1 atom stereocenters. The first-order chi connectivity index (χ1) is 13.7. The summed E-state index contributed by atoms with van der Waals surface area (Å²) in [6.07, 6.45) is 5.06. The summed E-state index contributed by atoms with van der Waals surface area (Å²) in [5.41, 5.74) is 3.22. The topological polar surface area (TPSA) is 69.4 Å². The van der Waals surface area contributed by atoms with Crippen molar-refractivity contribution in [2.24, 2.45) is 0 Å². The fraction of sp³-hybridized carbons (Fsp3) is 0.0870. The van der Waals surface area contributed by atoms with Crippen molar-refractivity contribution in [3.8, 4) is 16.9 Å². The number of nitrogens with zero attached hydrogens (tertiary/aromatic N) is 1. The average molecular weight is 369 g/mol. The molecule has 0 amide bonds. The van der Waals surface area contributed by atoms with E-state index in [1.165, 1.54) is 6.26 Å². The molecule has 136 valence electrons. The Balaban J connectivity index is 1.76. The molecule has 5 rings (SSSR count). The molecule has 0 spiro atoms. The molecular weight excluding hydrogens is 354 g/mol. The van der Waals surface area contributed by atoms with Crippen molar-refractivity contribution in [2.75, 3.05) is 0 Å². The Morgan fingerprint density at radius 2 is 1.82 bits per heavy atom. The molecule has 0 unspecified atom stereocenters. The molecule has 0 aliphatic carbocycles. The Morgan fingerprint density at radius 1 is 0.964 bits per heavy atom. The smallest absolute Gasteiger partial charge is 0.312 e. The molecule has 5 heteroatoms. The lowest BCUT2D eigenvalue weighted by atomic mass is 9.86. The lowest BCUT2D eigenvalue weighted by molar-refractivity contribution is -0.135. The number of hydrogen-bond donors (Lipinski definition) is 0. The summed E-state index contributed by atoms with van der Waals surface area (Å²) >= 11 is 0. The average Bonchev–Trinajstić information content (AvgIpc) is 2.74. The van der Waals surface area contributed by atoms with E-state index < -0.39 is 0 Å². The third-order valence-corrected chi connectivity index (χ3v) is 5.05. The Hall–Kier alpha value is -3.73. The summed E-state index contributed by atoms with van der Waals surface area (Å²) < 4.78 is 11.4. The molecule has 3 heterocycles. The standard InChI is InChI=1S/C23H15NO4/c25-20-11-17(15-7-4-10-24-12-15)21-19(28-20)9-8-16-22(26)18(13-27-23(16)21)14-5-2-1-3-6-14/h1-10,12-13,17H,11H2/t17-/m1/s1. The van der Waals surface area contributed by atoms with Crippen molar-refractivity contribution in [3.05, 3.63) is 94.6 Å². The zero-order valence-electron chi connectivity index (χ0n) is 14.8. The number of fused-ring (bicyclic) bond motifs is 3. The van der Waals surface area contributed by atoms with E-state index in [2.05, 4.69) is 4.98 Å². The van der Waals surface area contributed by atoms with E-state index in [0.717, 1.165) is 11.1 Å². The quantitative estimate of drug-likeness (QED) is 0.389. The normalized spacial score (nSPS) is 15.9. The second kappa shape index (κ2) is 6.46. The number of carbonyl (C=O) groups is 1. The number of benzene rings is 2. The van der Waals surface area contributed by atoms with E-state index in [4.69, 9.17) is 9.15 Å². The number of ether oxygens (including phenoxy) is 1. The second-order valence-corrected chi connectivity index (χ2v) is 6.72. The van der Waals surface area contributed by atoms with Gasteiger partial charge in [0.1, 0.15) is 17.6 Å². The van der Waals surface area contributed by atoms with E-state index >= 15 is 0 Å². The monoisotopic (exact) mass is 369 g/mol. The molecule has 2 aromatic heterocycles. The number of carbonyl (C=O) groups excluding carboxylic acids is 1. The molecule has 4 aromatic rings. The number of pyridine rings is 1. The third kappa shape index (κ3) is 2.60. The first-order valence-corrected chi connectivity index (χ1v) is 8.97. The second-order valence-electron chi connectivity index (χ2n) is 6.72. The SMILES string of the molecule is O=C1C[C@H](c2cccnc2)c2c(ccc3c(=O)c(-c4ccccc4)coc23)O1. The molecule has 1 aliphatic heterocycles. The van der Waals surface area contributed by atoms with E-state index in [1.54, 1.807) is 24.5 Å². The molecule has 1 aliphatic rings. The van der Waals surface area contributed by atoms with Crippen molar-refractivity contribution >= 4 is 16.9 Å². The number of esters is 1. The van der Waals surface area contributed by atoms with Gasteiger partial charge < -0.3 is 9.15 Å². The van der Waals surface area contributed by atoms with Crippen LogP contribution in [0, 0.1) is 0 Å². The van der Waals surface area contributed by atoms with Gasteiger partial charge in [0.2, 0.25) is 5.43 Å². The highest BCUT2D eigenvalue weighted by atomic mass is 16.5. The molecule has 28 heavy (non-hydrogen) atoms. The minimum Gasteiger partial charge on any atom is -0.463 e. The summed E-state index contributed by atoms with van der Waals surface area (Å²) in [5, 5.41) is 0.465. The summed E-state index contributed by atoms with van der Waals surface area (Å²) in [5.74, 6) is -0.170. The Labute approximate surface area is 160 Å². The molecule has 5 nitrogen and oxygen atoms in total. The van der Waals surface area contributed by atoms with Crippen molar-refractivity contribution < 1.29 is 13.9 Å². The van der Waals surface area contributed by atoms with Crippen LogP contribution in [-0.2, 0) is 4.79 Å². The lowest BCUT2D eigenvalue weighted by Crippen LogP contribution is -2.22. The highest BCUT2D eigenvalue weighted by Gasteiger charge is 2.32. The van der Waals surface area contributed by atoms with E-state index in [9.17, 15) is 9.59 Å². The third-order valence-electron chi connectivity index (χ3n) is 5.05. The number of hydrogen-bond acceptors (Lipinski definition) is 5. The van der Waals surface area contributed by atoms with Crippen LogP contribution >= 0.6 is 0 Å². The number of rotatable bonds is 2. The van der Waals surface area contributed by atoms with Crippen LogP contribution in [0.2, 0.25) is 0 Å². The van der Waals surface area contributed by atoms with Gasteiger partial charge in [-0.05, 0) is 29.3 Å². The first kappa shape index (κ1) is 16.4. The van der Waals surface area contributed by atoms with Crippen molar-refractivity contribution in [3.63, 3.8) is 0 Å². The van der Waals surface area contributed by atoms with E-state index in [1.807, 2.05) is 42.5 Å². The predicted octanol–water partition coefficient (Wildman–Crippen LogP) is 4.30. The van der Waals surface area contributed by atoms with Crippen LogP contribution in [0.1, 0.15) is 23.5 Å². The molecule has 0 saturated heterocycles. The lowest BCUT2D eigenvalue weighted by Gasteiger charge is -2.25. The van der Waals surface area contributed by atoms with Gasteiger partial charge in [-0.3, -0.25) is 14.6 Å². The van der Waals surface area contributed by atoms with Crippen LogP contribution in [-0.4, -0.2) is 11.0 Å². The van der Waals surface area contributed by atoms with Crippen LogP contribution in [0.3, 0.4) is 0 Å². The zero-order valence-corrected chi connectivity index (χ0v) is 14.8. The summed E-state index contributed by atoms with van der Waals surface area (Å²) in [6, 6.07) is 16.5. The van der Waals surface area contributed by atoms with Gasteiger partial charge in [-0.15, -0.1) is 0 Å². The molecule has 2 aromatic carbocycles. The number of aromatic nitrogens is 1. The van der Waals surface area contributed by atoms with Crippen LogP contribution < -0.4 is 10.2 Å². The molecule has 0 saturated carbocycles. The van der Waals surface area contributed by atoms with Gasteiger partial charge in [-0.25, -0.2) is 0 Å². The maximum absolute atomic E-state index is 13.1. The van der Waals surface area contributed by atoms with Crippen molar-refractivity contribution in [1.29, 1.82) is 0 Å². The van der Waals surface area contributed by atoms with Crippen molar-refractivity contribution in [2.45, 2.75) is 12.3 Å². The summed E-state index contributed by atoms with van der Waals surface area (Å²) in [6.45, 7) is 0. The minimum atomic E-state index is -0.316. The van der Waals surface area contributed by atoms with Gasteiger partial charge >= 0.3 is 5.97 Å². The molecule has 0 fully saturated rings. The highest BCUT2D eigenvalue weighted by Crippen LogP contribution is 2.42. The Kier molecular flexibility index (Phi) is 3.79. The predicted molar refractivity (Wildman–Crippen MR) is 104 cm³/mol. The van der Waals surface area contributed by atoms with Crippen LogP contribution in [0.5, 0.6) is 5.75 Å². The van der Waals surface area contributed by atoms with Crippen molar-refractivity contribution in [1.82, 2.24) is 4.98 Å². The maximum Gasteiger partial charge on any atom is 0.312 e. The van der Waals surface area contributed by atoms with Crippen LogP contribution in [0.15, 0.2) is 82.5 Å². The minimum absolute atomic E-state index is 0.114. The zero-order chi connectivity index (χ0) is 19.1. The summed E-state index contributed by atoms with van der Waals surface area (Å²) in [7, 11) is 0. The van der Waals surface area contributed by atoms with Gasteiger partial charge in [0.05, 0.1) is 17.4 Å². The summed E-state index contributed by atoms with van der Waals surface area (Å²) in [4.78, 5) is 29.4. The molecular formula is C23H15NO4. The van der Waals surface area contributed by atoms with E-state index in [-0.39, 0.29) is 23.7 Å². The van der Waals surface area contributed by atoms with Gasteiger partial charge in [-0.2, -0.15) is 0 Å². The van der Waals surface area contributed by atoms with Gasteiger partial charge in [0.15, 0.2) is 0 Å². The fourth-order valence-corrected chi connectivity index (χ4v) is 3.74. The first-order valence-electron chi connectivity index (χ1n) is 8.97. The van der Waals surface area contributed by atoms with Gasteiger partial charge in [0, 0.05) is 23.9 Å². The fourth-order valence-electron chi connectivity index (χ4n) is 3.74. The largest absolute Gasteiger partial charge is 0.463 e. The molecule has 0 N–H and O–H groups in total. The van der Waals surface area contributed by atoms with Gasteiger partial charge in [0.25, 0.3) is 0 Å². The molecule has 0 bridgehead atoms. The van der Waals surface area contributed by atoms with Crippen LogP contribution in [0.4, 0.5) is 0 Å².